The lowest BCUT2D eigenvalue weighted by Gasteiger charge is -2.27. The van der Waals surface area contributed by atoms with E-state index in [-0.39, 0.29) is 12.5 Å². The molecule has 0 aromatic heterocycles. The minimum absolute atomic E-state index is 0.0334. The molecule has 148 valence electrons. The van der Waals surface area contributed by atoms with Gasteiger partial charge in [-0.25, -0.2) is 9.59 Å². The average Bonchev–Trinajstić information content (AvgIpc) is 3.03. The molecule has 0 spiro atoms. The van der Waals surface area contributed by atoms with Crippen molar-refractivity contribution in [2.75, 3.05) is 13.2 Å². The molecule has 28 heavy (non-hydrogen) atoms. The van der Waals surface area contributed by atoms with Crippen LogP contribution in [0.4, 0.5) is 4.79 Å². The zero-order valence-corrected chi connectivity index (χ0v) is 16.4. The van der Waals surface area contributed by atoms with Gasteiger partial charge in [0, 0.05) is 12.5 Å². The van der Waals surface area contributed by atoms with Crippen LogP contribution < -0.4 is 0 Å². The number of carbonyl (C=O) groups excluding carboxylic acids is 1. The lowest BCUT2D eigenvalue weighted by molar-refractivity contribution is -0.143. The van der Waals surface area contributed by atoms with Gasteiger partial charge in [-0.2, -0.15) is 0 Å². The van der Waals surface area contributed by atoms with Gasteiger partial charge < -0.3 is 9.84 Å². The summed E-state index contributed by atoms with van der Waals surface area (Å²) in [4.78, 5) is 25.7. The molecule has 1 aliphatic rings. The van der Waals surface area contributed by atoms with Gasteiger partial charge in [-0.3, -0.25) is 4.90 Å². The summed E-state index contributed by atoms with van der Waals surface area (Å²) in [6, 6.07) is 15.4. The zero-order valence-electron chi connectivity index (χ0n) is 16.4. The lowest BCUT2D eigenvalue weighted by Crippen LogP contribution is -2.45. The number of carbonyl (C=O) groups is 2. The van der Waals surface area contributed by atoms with Crippen LogP contribution in [0.1, 0.15) is 50.2 Å². The molecule has 0 heterocycles. The second-order valence-corrected chi connectivity index (χ2v) is 7.09. The monoisotopic (exact) mass is 381 g/mol. The number of ether oxygens (including phenoxy) is 1. The first-order valence-electron chi connectivity index (χ1n) is 9.92. The van der Waals surface area contributed by atoms with Gasteiger partial charge in [-0.1, -0.05) is 68.3 Å². The fourth-order valence-corrected chi connectivity index (χ4v) is 3.96. The number of likely N-dealkylation sites (N-methyl/N-ethyl adjacent to an activating group) is 1. The third-order valence-corrected chi connectivity index (χ3v) is 5.40. The van der Waals surface area contributed by atoms with Gasteiger partial charge in [-0.05, 0) is 35.6 Å². The third-order valence-electron chi connectivity index (χ3n) is 5.40. The predicted octanol–water partition coefficient (Wildman–Crippen LogP) is 4.90. The first kappa shape index (κ1) is 19.9. The molecule has 0 bridgehead atoms. The number of benzene rings is 2. The average molecular weight is 381 g/mol. The molecule has 2 aromatic carbocycles. The van der Waals surface area contributed by atoms with Crippen LogP contribution in [-0.4, -0.2) is 41.3 Å². The van der Waals surface area contributed by atoms with Crippen molar-refractivity contribution in [3.8, 4) is 11.1 Å². The van der Waals surface area contributed by atoms with Gasteiger partial charge in [0.1, 0.15) is 12.6 Å². The van der Waals surface area contributed by atoms with Crippen molar-refractivity contribution in [2.45, 2.75) is 45.1 Å². The Morgan fingerprint density at radius 3 is 2.11 bits per heavy atom. The SMILES string of the molecule is CCCC[C@H](C(=O)O)N(CC)C(=O)OCC1c2ccccc2-c2ccccc21. The summed E-state index contributed by atoms with van der Waals surface area (Å²) < 4.78 is 5.63. The van der Waals surface area contributed by atoms with E-state index in [1.807, 2.05) is 31.2 Å². The predicted molar refractivity (Wildman–Crippen MR) is 108 cm³/mol. The topological polar surface area (TPSA) is 66.8 Å². The number of unbranched alkanes of at least 4 members (excludes halogenated alkanes) is 1. The summed E-state index contributed by atoms with van der Waals surface area (Å²) in [5, 5.41) is 9.54. The highest BCUT2D eigenvalue weighted by Gasteiger charge is 2.32. The van der Waals surface area contributed by atoms with Gasteiger partial charge >= 0.3 is 12.1 Å². The fourth-order valence-electron chi connectivity index (χ4n) is 3.96. The molecule has 0 aliphatic heterocycles. The van der Waals surface area contributed by atoms with Crippen molar-refractivity contribution < 1.29 is 19.4 Å². The number of amides is 1. The molecule has 0 unspecified atom stereocenters. The maximum Gasteiger partial charge on any atom is 0.410 e. The minimum atomic E-state index is -0.983. The van der Waals surface area contributed by atoms with E-state index < -0.39 is 18.1 Å². The van der Waals surface area contributed by atoms with Gasteiger partial charge in [0.2, 0.25) is 0 Å². The Morgan fingerprint density at radius 2 is 1.61 bits per heavy atom. The van der Waals surface area contributed by atoms with E-state index in [1.165, 1.54) is 4.90 Å². The highest BCUT2D eigenvalue weighted by Crippen LogP contribution is 2.44. The Morgan fingerprint density at radius 1 is 1.04 bits per heavy atom. The molecule has 2 aromatic rings. The molecule has 1 atom stereocenters. The molecule has 0 saturated heterocycles. The number of carboxylic acids is 1. The summed E-state index contributed by atoms with van der Waals surface area (Å²) in [7, 11) is 0. The number of fused-ring (bicyclic) bond motifs is 3. The number of hydrogen-bond donors (Lipinski definition) is 1. The molecule has 5 nitrogen and oxygen atoms in total. The van der Waals surface area contributed by atoms with Crippen molar-refractivity contribution in [3.63, 3.8) is 0 Å². The first-order valence-corrected chi connectivity index (χ1v) is 9.92. The normalized spacial score (nSPS) is 13.5. The van der Waals surface area contributed by atoms with Crippen molar-refractivity contribution in [3.05, 3.63) is 59.7 Å². The minimum Gasteiger partial charge on any atom is -0.480 e. The smallest absolute Gasteiger partial charge is 0.410 e. The highest BCUT2D eigenvalue weighted by atomic mass is 16.6. The molecule has 0 fully saturated rings. The van der Waals surface area contributed by atoms with E-state index in [9.17, 15) is 14.7 Å². The third kappa shape index (κ3) is 3.88. The quantitative estimate of drug-likeness (QED) is 0.706. The molecule has 3 rings (SSSR count). The largest absolute Gasteiger partial charge is 0.480 e. The van der Waals surface area contributed by atoms with Gasteiger partial charge in [0.25, 0.3) is 0 Å². The number of carboxylic acid groups (broad SMARTS) is 1. The molecule has 1 aliphatic carbocycles. The standard InChI is InChI=1S/C23H27NO4/c1-3-5-14-21(22(25)26)24(4-2)23(27)28-15-20-18-12-8-6-10-16(18)17-11-7-9-13-19(17)20/h6-13,20-21H,3-5,14-15H2,1-2H3,(H,25,26)/t21-/m1/s1. The molecular weight excluding hydrogens is 354 g/mol. The van der Waals surface area contributed by atoms with Crippen LogP contribution in [0.3, 0.4) is 0 Å². The van der Waals surface area contributed by atoms with Crippen LogP contribution >= 0.6 is 0 Å². The van der Waals surface area contributed by atoms with Crippen molar-refractivity contribution in [1.29, 1.82) is 0 Å². The van der Waals surface area contributed by atoms with E-state index in [4.69, 9.17) is 4.74 Å². The van der Waals surface area contributed by atoms with Crippen LogP contribution in [0.15, 0.2) is 48.5 Å². The number of rotatable bonds is 8. The summed E-state index contributed by atoms with van der Waals surface area (Å²) in [6.07, 6.45) is 1.51. The summed E-state index contributed by atoms with van der Waals surface area (Å²) in [5.74, 6) is -1.02. The maximum absolute atomic E-state index is 12.7. The van der Waals surface area contributed by atoms with Crippen LogP contribution in [0.25, 0.3) is 11.1 Å². The second kappa shape index (κ2) is 8.91. The Bertz CT molecular complexity index is 803. The number of aliphatic carboxylic acids is 1. The van der Waals surface area contributed by atoms with E-state index in [1.54, 1.807) is 6.92 Å². The second-order valence-electron chi connectivity index (χ2n) is 7.09. The Kier molecular flexibility index (Phi) is 6.34. The van der Waals surface area contributed by atoms with Crippen molar-refractivity contribution in [2.24, 2.45) is 0 Å². The van der Waals surface area contributed by atoms with Crippen molar-refractivity contribution in [1.82, 2.24) is 4.90 Å². The molecule has 1 amide bonds. The Labute approximate surface area is 165 Å². The van der Waals surface area contributed by atoms with Crippen LogP contribution in [0.2, 0.25) is 0 Å². The first-order chi connectivity index (χ1) is 13.6. The van der Waals surface area contributed by atoms with Gasteiger partial charge in [0.05, 0.1) is 0 Å². The van der Waals surface area contributed by atoms with Crippen LogP contribution in [0.5, 0.6) is 0 Å². The summed E-state index contributed by atoms with van der Waals surface area (Å²) >= 11 is 0. The molecule has 1 N–H and O–H groups in total. The fraction of sp³-hybridized carbons (Fsp3) is 0.391. The lowest BCUT2D eigenvalue weighted by atomic mass is 9.98. The molecule has 0 radical (unpaired) electrons. The van der Waals surface area contributed by atoms with E-state index in [0.717, 1.165) is 35.1 Å². The van der Waals surface area contributed by atoms with E-state index in [0.29, 0.717) is 13.0 Å². The van der Waals surface area contributed by atoms with E-state index in [2.05, 4.69) is 24.3 Å². The Balaban J connectivity index is 1.75. The zero-order chi connectivity index (χ0) is 20.1. The Hall–Kier alpha value is -2.82. The highest BCUT2D eigenvalue weighted by molar-refractivity contribution is 5.81. The molecule has 5 heteroatoms. The maximum atomic E-state index is 12.7. The number of hydrogen-bond acceptors (Lipinski definition) is 3. The summed E-state index contributed by atoms with van der Waals surface area (Å²) in [5.41, 5.74) is 4.61. The number of nitrogens with zero attached hydrogens (tertiary/aromatic N) is 1. The van der Waals surface area contributed by atoms with Crippen LogP contribution in [-0.2, 0) is 9.53 Å². The van der Waals surface area contributed by atoms with E-state index >= 15 is 0 Å². The van der Waals surface area contributed by atoms with Crippen molar-refractivity contribution >= 4 is 12.1 Å². The molecular formula is C23H27NO4. The molecule has 0 saturated carbocycles. The summed E-state index contributed by atoms with van der Waals surface area (Å²) in [6.45, 7) is 4.28. The van der Waals surface area contributed by atoms with Gasteiger partial charge in [-0.15, -0.1) is 0 Å². The van der Waals surface area contributed by atoms with Gasteiger partial charge in [0.15, 0.2) is 0 Å². The van der Waals surface area contributed by atoms with Crippen LogP contribution in [0, 0.1) is 0 Å².